The Morgan fingerprint density at radius 2 is 2.09 bits per heavy atom. The van der Waals surface area contributed by atoms with Crippen molar-refractivity contribution in [2.45, 2.75) is 6.54 Å². The summed E-state index contributed by atoms with van der Waals surface area (Å²) in [5.74, 6) is 0.0261. The Labute approximate surface area is 125 Å². The molecule has 22 heavy (non-hydrogen) atoms. The van der Waals surface area contributed by atoms with Gasteiger partial charge in [-0.1, -0.05) is 0 Å². The minimum atomic E-state index is -0.544. The molecule has 0 saturated heterocycles. The van der Waals surface area contributed by atoms with Crippen LogP contribution in [0.3, 0.4) is 0 Å². The number of rotatable bonds is 5. The molecule has 0 aliphatic carbocycles. The van der Waals surface area contributed by atoms with E-state index in [2.05, 4.69) is 5.32 Å². The summed E-state index contributed by atoms with van der Waals surface area (Å²) in [7, 11) is 0. The van der Waals surface area contributed by atoms with Crippen LogP contribution in [-0.4, -0.2) is 10.8 Å². The lowest BCUT2D eigenvalue weighted by Crippen LogP contribution is -2.23. The lowest BCUT2D eigenvalue weighted by Gasteiger charge is -2.02. The monoisotopic (exact) mass is 297 g/mol. The van der Waals surface area contributed by atoms with Gasteiger partial charge in [0.05, 0.1) is 17.7 Å². The quantitative estimate of drug-likeness (QED) is 0.394. The van der Waals surface area contributed by atoms with Crippen molar-refractivity contribution in [2.75, 3.05) is 0 Å². The zero-order valence-electron chi connectivity index (χ0n) is 11.4. The van der Waals surface area contributed by atoms with Gasteiger partial charge in [0.2, 0.25) is 0 Å². The summed E-state index contributed by atoms with van der Waals surface area (Å²) in [4.78, 5) is 21.9. The van der Waals surface area contributed by atoms with Crippen LogP contribution in [0.4, 0.5) is 5.69 Å². The molecule has 0 aliphatic heterocycles. The predicted octanol–water partition coefficient (Wildman–Crippen LogP) is 2.41. The Morgan fingerprint density at radius 3 is 2.64 bits per heavy atom. The largest absolute Gasteiger partial charge is 0.467 e. The number of nitro groups is 1. The minimum Gasteiger partial charge on any atom is -0.467 e. The number of nitrogens with one attached hydrogen (secondary N) is 1. The highest BCUT2D eigenvalue weighted by atomic mass is 16.6. The molecule has 1 heterocycles. The molecule has 1 N–H and O–H groups in total. The van der Waals surface area contributed by atoms with Crippen LogP contribution in [0.15, 0.2) is 52.7 Å². The number of carbonyl (C=O) groups is 1. The van der Waals surface area contributed by atoms with E-state index < -0.39 is 10.8 Å². The van der Waals surface area contributed by atoms with Crippen molar-refractivity contribution >= 4 is 17.7 Å². The number of nitro benzene ring substituents is 1. The second-order valence-corrected chi connectivity index (χ2v) is 4.28. The second-order valence-electron chi connectivity index (χ2n) is 4.28. The molecule has 0 saturated carbocycles. The average molecular weight is 297 g/mol. The fourth-order valence-electron chi connectivity index (χ4n) is 1.68. The van der Waals surface area contributed by atoms with Gasteiger partial charge in [-0.3, -0.25) is 14.9 Å². The van der Waals surface area contributed by atoms with Gasteiger partial charge in [0.25, 0.3) is 11.6 Å². The topological polar surface area (TPSA) is 109 Å². The van der Waals surface area contributed by atoms with Crippen LogP contribution >= 0.6 is 0 Å². The maximum atomic E-state index is 11.9. The van der Waals surface area contributed by atoms with Crippen LogP contribution in [0, 0.1) is 21.4 Å². The van der Waals surface area contributed by atoms with Gasteiger partial charge in [-0.25, -0.2) is 0 Å². The Balaban J connectivity index is 2.07. The van der Waals surface area contributed by atoms with Crippen molar-refractivity contribution in [2.24, 2.45) is 0 Å². The fourth-order valence-corrected chi connectivity index (χ4v) is 1.68. The number of nitrogens with zero attached hydrogens (tertiary/aromatic N) is 2. The van der Waals surface area contributed by atoms with Crippen LogP contribution in [0.25, 0.3) is 6.08 Å². The fraction of sp³-hybridized carbons (Fsp3) is 0.0667. The van der Waals surface area contributed by atoms with Crippen molar-refractivity contribution in [1.82, 2.24) is 5.32 Å². The van der Waals surface area contributed by atoms with Crippen molar-refractivity contribution in [3.8, 4) is 6.07 Å². The molecule has 0 aliphatic rings. The molecule has 0 radical (unpaired) electrons. The maximum Gasteiger partial charge on any atom is 0.269 e. The highest BCUT2D eigenvalue weighted by Crippen LogP contribution is 2.14. The third kappa shape index (κ3) is 3.80. The number of benzene rings is 1. The Kier molecular flexibility index (Phi) is 4.67. The Bertz CT molecular complexity index is 740. The molecular weight excluding hydrogens is 286 g/mol. The zero-order chi connectivity index (χ0) is 15.9. The number of non-ortho nitro benzene ring substituents is 1. The molecule has 2 aromatic rings. The maximum absolute atomic E-state index is 11.9. The van der Waals surface area contributed by atoms with E-state index in [-0.39, 0.29) is 17.8 Å². The van der Waals surface area contributed by atoms with E-state index in [1.54, 1.807) is 18.2 Å². The van der Waals surface area contributed by atoms with Gasteiger partial charge < -0.3 is 9.73 Å². The van der Waals surface area contributed by atoms with Gasteiger partial charge in [-0.15, -0.1) is 0 Å². The molecule has 7 nitrogen and oxygen atoms in total. The molecule has 0 unspecified atom stereocenters. The summed E-state index contributed by atoms with van der Waals surface area (Å²) in [5.41, 5.74) is 0.369. The molecule has 1 aromatic carbocycles. The van der Waals surface area contributed by atoms with Crippen LogP contribution in [0.5, 0.6) is 0 Å². The van der Waals surface area contributed by atoms with E-state index in [1.807, 2.05) is 0 Å². The van der Waals surface area contributed by atoms with E-state index in [4.69, 9.17) is 9.68 Å². The first-order valence-electron chi connectivity index (χ1n) is 6.27. The molecule has 0 atom stereocenters. The highest BCUT2D eigenvalue weighted by molar-refractivity contribution is 6.01. The number of hydrogen-bond donors (Lipinski definition) is 1. The van der Waals surface area contributed by atoms with Gasteiger partial charge in [-0.05, 0) is 35.9 Å². The van der Waals surface area contributed by atoms with E-state index in [9.17, 15) is 14.9 Å². The number of hydrogen-bond acceptors (Lipinski definition) is 5. The standard InChI is InChI=1S/C15H11N3O4/c16-9-12(15(19)17-10-14-2-1-7-22-14)8-11-3-5-13(6-4-11)18(20)21/h1-8H,10H2,(H,17,19)/b12-8-. The number of amides is 1. The van der Waals surface area contributed by atoms with E-state index >= 15 is 0 Å². The van der Waals surface area contributed by atoms with Gasteiger partial charge in [-0.2, -0.15) is 5.26 Å². The zero-order valence-corrected chi connectivity index (χ0v) is 11.4. The molecular formula is C15H11N3O4. The first-order valence-corrected chi connectivity index (χ1v) is 6.27. The normalized spacial score (nSPS) is 10.8. The summed E-state index contributed by atoms with van der Waals surface area (Å²) >= 11 is 0. The molecule has 1 amide bonds. The van der Waals surface area contributed by atoms with Crippen LogP contribution in [-0.2, 0) is 11.3 Å². The molecule has 0 bridgehead atoms. The summed E-state index contributed by atoms with van der Waals surface area (Å²) < 4.78 is 5.07. The average Bonchev–Trinajstić information content (AvgIpc) is 3.04. The smallest absolute Gasteiger partial charge is 0.269 e. The van der Waals surface area contributed by atoms with Gasteiger partial charge >= 0.3 is 0 Å². The van der Waals surface area contributed by atoms with E-state index in [1.165, 1.54) is 36.6 Å². The summed E-state index contributed by atoms with van der Waals surface area (Å²) in [5, 5.41) is 22.2. The van der Waals surface area contributed by atoms with Crippen LogP contribution < -0.4 is 5.32 Å². The Morgan fingerprint density at radius 1 is 1.36 bits per heavy atom. The second kappa shape index (κ2) is 6.85. The summed E-state index contributed by atoms with van der Waals surface area (Å²) in [6, 6.07) is 10.7. The third-order valence-corrected chi connectivity index (χ3v) is 2.78. The summed E-state index contributed by atoms with van der Waals surface area (Å²) in [6.07, 6.45) is 2.85. The predicted molar refractivity (Wildman–Crippen MR) is 77.2 cm³/mol. The van der Waals surface area contributed by atoms with Gasteiger partial charge in [0.1, 0.15) is 17.4 Å². The number of furan rings is 1. The molecule has 0 fully saturated rings. The van der Waals surface area contributed by atoms with Crippen molar-refractivity contribution in [3.05, 3.63) is 69.7 Å². The van der Waals surface area contributed by atoms with E-state index in [0.29, 0.717) is 11.3 Å². The minimum absolute atomic E-state index is 0.0575. The SMILES string of the molecule is N#C/C(=C/c1ccc([N+](=O)[O-])cc1)C(=O)NCc1ccco1. The molecule has 7 heteroatoms. The van der Waals surface area contributed by atoms with Crippen LogP contribution in [0.1, 0.15) is 11.3 Å². The molecule has 0 spiro atoms. The van der Waals surface area contributed by atoms with Crippen molar-refractivity contribution < 1.29 is 14.1 Å². The third-order valence-electron chi connectivity index (χ3n) is 2.78. The molecule has 2 rings (SSSR count). The van der Waals surface area contributed by atoms with Gasteiger partial charge in [0.15, 0.2) is 0 Å². The van der Waals surface area contributed by atoms with Gasteiger partial charge in [0, 0.05) is 12.1 Å². The first kappa shape index (κ1) is 15.0. The molecule has 1 aromatic heterocycles. The molecule has 110 valence electrons. The lowest BCUT2D eigenvalue weighted by atomic mass is 10.1. The lowest BCUT2D eigenvalue weighted by molar-refractivity contribution is -0.384. The first-order chi connectivity index (χ1) is 10.6. The van der Waals surface area contributed by atoms with Crippen LogP contribution in [0.2, 0.25) is 0 Å². The number of carbonyl (C=O) groups excluding carboxylic acids is 1. The van der Waals surface area contributed by atoms with Crippen molar-refractivity contribution in [1.29, 1.82) is 5.26 Å². The summed E-state index contributed by atoms with van der Waals surface area (Å²) in [6.45, 7) is 0.172. The van der Waals surface area contributed by atoms with Crippen molar-refractivity contribution in [3.63, 3.8) is 0 Å². The van der Waals surface area contributed by atoms with E-state index in [0.717, 1.165) is 0 Å². The number of nitriles is 1. The Hall–Kier alpha value is -3.40. The highest BCUT2D eigenvalue weighted by Gasteiger charge is 2.10.